The van der Waals surface area contributed by atoms with Crippen molar-refractivity contribution in [3.05, 3.63) is 58.7 Å². The molecule has 0 saturated heterocycles. The minimum absolute atomic E-state index is 0.359. The third-order valence-electron chi connectivity index (χ3n) is 2.93. The third-order valence-corrected chi connectivity index (χ3v) is 2.93. The van der Waals surface area contributed by atoms with Crippen molar-refractivity contribution in [2.24, 2.45) is 0 Å². The van der Waals surface area contributed by atoms with E-state index < -0.39 is 23.2 Å². The number of aromatic carboxylic acids is 1. The van der Waals surface area contributed by atoms with Crippen molar-refractivity contribution < 1.29 is 18.7 Å². The summed E-state index contributed by atoms with van der Waals surface area (Å²) in [5, 5.41) is 11.4. The first kappa shape index (κ1) is 14.0. The predicted octanol–water partition coefficient (Wildman–Crippen LogP) is 4.02. The van der Waals surface area contributed by atoms with E-state index >= 15 is 0 Å². The number of rotatable bonds is 3. The van der Waals surface area contributed by atoms with Crippen molar-refractivity contribution in [3.63, 3.8) is 0 Å². The zero-order valence-electron chi connectivity index (χ0n) is 11.0. The van der Waals surface area contributed by atoms with Crippen LogP contribution in [0.15, 0.2) is 30.3 Å². The molecule has 0 amide bonds. The van der Waals surface area contributed by atoms with Gasteiger partial charge in [0.1, 0.15) is 5.69 Å². The van der Waals surface area contributed by atoms with Gasteiger partial charge in [-0.15, -0.1) is 0 Å². The van der Waals surface area contributed by atoms with Crippen LogP contribution in [-0.2, 0) is 0 Å². The normalized spacial score (nSPS) is 10.4. The molecule has 0 saturated carbocycles. The highest BCUT2D eigenvalue weighted by Gasteiger charge is 2.15. The summed E-state index contributed by atoms with van der Waals surface area (Å²) in [5.74, 6) is -3.26. The van der Waals surface area contributed by atoms with Gasteiger partial charge in [0.05, 0.1) is 5.56 Å². The fourth-order valence-electron chi connectivity index (χ4n) is 1.90. The quantitative estimate of drug-likeness (QED) is 0.890. The Bertz CT molecular complexity index is 661. The minimum Gasteiger partial charge on any atom is -0.478 e. The summed E-state index contributed by atoms with van der Waals surface area (Å²) < 4.78 is 27.6. The molecule has 0 spiro atoms. The molecule has 2 aromatic rings. The van der Waals surface area contributed by atoms with Crippen LogP contribution in [0.3, 0.4) is 0 Å². The lowest BCUT2D eigenvalue weighted by molar-refractivity contribution is 0.0696. The molecular weight excluding hydrogens is 264 g/mol. The first-order valence-corrected chi connectivity index (χ1v) is 5.95. The molecule has 0 atom stereocenters. The van der Waals surface area contributed by atoms with Gasteiger partial charge in [0.2, 0.25) is 0 Å². The SMILES string of the molecule is Cc1ccc(Nc2c(F)cc(C(=O)O)cc2F)c(C)c1. The van der Waals surface area contributed by atoms with Crippen LogP contribution in [0, 0.1) is 25.5 Å². The number of hydrogen-bond acceptors (Lipinski definition) is 2. The number of carboxylic acids is 1. The summed E-state index contributed by atoms with van der Waals surface area (Å²) in [4.78, 5) is 10.7. The van der Waals surface area contributed by atoms with Gasteiger partial charge < -0.3 is 10.4 Å². The molecule has 0 heterocycles. The second kappa shape index (κ2) is 5.28. The molecule has 0 unspecified atom stereocenters. The number of anilines is 2. The molecule has 0 radical (unpaired) electrons. The second-order valence-electron chi connectivity index (χ2n) is 4.56. The second-order valence-corrected chi connectivity index (χ2v) is 4.56. The summed E-state index contributed by atoms with van der Waals surface area (Å²) in [6.45, 7) is 3.73. The van der Waals surface area contributed by atoms with Crippen molar-refractivity contribution >= 4 is 17.3 Å². The largest absolute Gasteiger partial charge is 0.478 e. The molecule has 104 valence electrons. The van der Waals surface area contributed by atoms with Crippen LogP contribution in [0.25, 0.3) is 0 Å². The molecule has 2 aromatic carbocycles. The van der Waals surface area contributed by atoms with Crippen molar-refractivity contribution in [1.29, 1.82) is 0 Å². The number of carboxylic acid groups (broad SMARTS) is 1. The van der Waals surface area contributed by atoms with E-state index in [0.717, 1.165) is 23.3 Å². The van der Waals surface area contributed by atoms with E-state index in [1.54, 1.807) is 6.07 Å². The molecule has 3 nitrogen and oxygen atoms in total. The number of benzene rings is 2. The van der Waals surface area contributed by atoms with Gasteiger partial charge >= 0.3 is 5.97 Å². The Kier molecular flexibility index (Phi) is 3.70. The van der Waals surface area contributed by atoms with Gasteiger partial charge in [-0.05, 0) is 37.6 Å². The molecule has 0 aromatic heterocycles. The van der Waals surface area contributed by atoms with E-state index in [4.69, 9.17) is 5.11 Å². The summed E-state index contributed by atoms with van der Waals surface area (Å²) in [6.07, 6.45) is 0. The first-order valence-electron chi connectivity index (χ1n) is 5.95. The monoisotopic (exact) mass is 277 g/mol. The molecule has 20 heavy (non-hydrogen) atoms. The Balaban J connectivity index is 2.41. The summed E-state index contributed by atoms with van der Waals surface area (Å²) >= 11 is 0. The van der Waals surface area contributed by atoms with Gasteiger partial charge in [-0.2, -0.15) is 0 Å². The lowest BCUT2D eigenvalue weighted by atomic mass is 10.1. The maximum absolute atomic E-state index is 13.8. The topological polar surface area (TPSA) is 49.3 Å². The Labute approximate surface area is 114 Å². The molecule has 5 heteroatoms. The maximum Gasteiger partial charge on any atom is 0.335 e. The standard InChI is InChI=1S/C15H13F2NO2/c1-8-3-4-13(9(2)5-8)18-14-11(16)6-10(15(19)20)7-12(14)17/h3-7,18H,1-2H3,(H,19,20). The Morgan fingerprint density at radius 1 is 1.10 bits per heavy atom. The molecule has 0 aliphatic heterocycles. The lowest BCUT2D eigenvalue weighted by Gasteiger charge is -2.12. The Morgan fingerprint density at radius 2 is 1.70 bits per heavy atom. The van der Waals surface area contributed by atoms with E-state index in [1.807, 2.05) is 26.0 Å². The maximum atomic E-state index is 13.8. The molecule has 0 aliphatic carbocycles. The van der Waals surface area contributed by atoms with Crippen LogP contribution in [0.5, 0.6) is 0 Å². The summed E-state index contributed by atoms with van der Waals surface area (Å²) in [5.41, 5.74) is 1.66. The van der Waals surface area contributed by atoms with Crippen molar-refractivity contribution in [2.45, 2.75) is 13.8 Å². The number of halogens is 2. The summed E-state index contributed by atoms with van der Waals surface area (Å²) in [7, 11) is 0. The Hall–Kier alpha value is -2.43. The number of carbonyl (C=O) groups is 1. The minimum atomic E-state index is -1.37. The van der Waals surface area contributed by atoms with Crippen molar-refractivity contribution in [3.8, 4) is 0 Å². The average Bonchev–Trinajstić information content (AvgIpc) is 2.35. The van der Waals surface area contributed by atoms with Crippen LogP contribution in [-0.4, -0.2) is 11.1 Å². The molecular formula is C15H13F2NO2. The smallest absolute Gasteiger partial charge is 0.335 e. The van der Waals surface area contributed by atoms with Crippen molar-refractivity contribution in [2.75, 3.05) is 5.32 Å². The fraction of sp³-hybridized carbons (Fsp3) is 0.133. The molecule has 0 fully saturated rings. The highest BCUT2D eigenvalue weighted by Crippen LogP contribution is 2.27. The number of aryl methyl sites for hydroxylation is 2. The molecule has 2 rings (SSSR count). The zero-order chi connectivity index (χ0) is 14.9. The number of hydrogen-bond donors (Lipinski definition) is 2. The first-order chi connectivity index (χ1) is 9.38. The van der Waals surface area contributed by atoms with Crippen LogP contribution in [0.1, 0.15) is 21.5 Å². The van der Waals surface area contributed by atoms with E-state index in [2.05, 4.69) is 5.32 Å². The summed E-state index contributed by atoms with van der Waals surface area (Å²) in [6, 6.07) is 6.99. The van der Waals surface area contributed by atoms with Crippen LogP contribution in [0.2, 0.25) is 0 Å². The van der Waals surface area contributed by atoms with Crippen LogP contribution < -0.4 is 5.32 Å². The van der Waals surface area contributed by atoms with Gasteiger partial charge in [0.15, 0.2) is 11.6 Å². The van der Waals surface area contributed by atoms with E-state index in [9.17, 15) is 13.6 Å². The van der Waals surface area contributed by atoms with Gasteiger partial charge in [-0.3, -0.25) is 0 Å². The zero-order valence-corrected chi connectivity index (χ0v) is 11.0. The third kappa shape index (κ3) is 2.77. The predicted molar refractivity (Wildman–Crippen MR) is 72.5 cm³/mol. The van der Waals surface area contributed by atoms with Gasteiger partial charge in [-0.25, -0.2) is 13.6 Å². The Morgan fingerprint density at radius 3 is 2.20 bits per heavy atom. The highest BCUT2D eigenvalue weighted by molar-refractivity contribution is 5.88. The van der Waals surface area contributed by atoms with Gasteiger partial charge in [-0.1, -0.05) is 17.7 Å². The molecule has 2 N–H and O–H groups in total. The van der Waals surface area contributed by atoms with Crippen molar-refractivity contribution in [1.82, 2.24) is 0 Å². The molecule has 0 aliphatic rings. The van der Waals surface area contributed by atoms with Crippen LogP contribution in [0.4, 0.5) is 20.2 Å². The van der Waals surface area contributed by atoms with E-state index in [0.29, 0.717) is 5.69 Å². The fourth-order valence-corrected chi connectivity index (χ4v) is 1.90. The molecule has 0 bridgehead atoms. The average molecular weight is 277 g/mol. The van der Waals surface area contributed by atoms with Gasteiger partial charge in [0.25, 0.3) is 0 Å². The lowest BCUT2D eigenvalue weighted by Crippen LogP contribution is -2.04. The van der Waals surface area contributed by atoms with E-state index in [-0.39, 0.29) is 5.69 Å². The van der Waals surface area contributed by atoms with E-state index in [1.165, 1.54) is 0 Å². The van der Waals surface area contributed by atoms with Crippen LogP contribution >= 0.6 is 0 Å². The number of nitrogens with one attached hydrogen (secondary N) is 1. The highest BCUT2D eigenvalue weighted by atomic mass is 19.1. The van der Waals surface area contributed by atoms with Gasteiger partial charge in [0, 0.05) is 5.69 Å².